The van der Waals surface area contributed by atoms with Crippen molar-refractivity contribution in [2.24, 2.45) is 5.92 Å². The Morgan fingerprint density at radius 3 is 2.45 bits per heavy atom. The zero-order chi connectivity index (χ0) is 7.73. The molecule has 1 N–H and O–H groups in total. The Morgan fingerprint density at radius 1 is 1.18 bits per heavy atom. The molecule has 1 saturated heterocycles. The van der Waals surface area contributed by atoms with Crippen molar-refractivity contribution in [3.63, 3.8) is 0 Å². The van der Waals surface area contributed by atoms with Crippen LogP contribution in [0.5, 0.6) is 0 Å². The SMILES string of the molecule is CC1(C2CCCC2)CCCN1. The molecule has 11 heavy (non-hydrogen) atoms. The molecule has 1 heterocycles. The molecule has 1 heteroatoms. The van der Waals surface area contributed by atoms with Gasteiger partial charge in [0.05, 0.1) is 0 Å². The highest BCUT2D eigenvalue weighted by atomic mass is 15.0. The van der Waals surface area contributed by atoms with Crippen LogP contribution in [0.15, 0.2) is 0 Å². The molecule has 2 fully saturated rings. The van der Waals surface area contributed by atoms with Crippen molar-refractivity contribution >= 4 is 0 Å². The predicted octanol–water partition coefficient (Wildman–Crippen LogP) is 2.32. The largest absolute Gasteiger partial charge is 0.311 e. The summed E-state index contributed by atoms with van der Waals surface area (Å²) in [5.74, 6) is 0.991. The summed E-state index contributed by atoms with van der Waals surface area (Å²) in [7, 11) is 0. The van der Waals surface area contributed by atoms with E-state index in [0.29, 0.717) is 5.54 Å². The molecule has 2 aliphatic rings. The van der Waals surface area contributed by atoms with Crippen molar-refractivity contribution in [2.75, 3.05) is 6.54 Å². The molecule has 1 aliphatic heterocycles. The van der Waals surface area contributed by atoms with Crippen LogP contribution in [0, 0.1) is 5.92 Å². The van der Waals surface area contributed by atoms with Gasteiger partial charge in [0.1, 0.15) is 0 Å². The lowest BCUT2D eigenvalue weighted by molar-refractivity contribution is 0.266. The predicted molar refractivity (Wildman–Crippen MR) is 47.6 cm³/mol. The zero-order valence-corrected chi connectivity index (χ0v) is 7.53. The molecule has 0 aromatic rings. The fourth-order valence-electron chi connectivity index (χ4n) is 2.83. The van der Waals surface area contributed by atoms with Gasteiger partial charge >= 0.3 is 0 Å². The van der Waals surface area contributed by atoms with Gasteiger partial charge in [0, 0.05) is 5.54 Å². The van der Waals surface area contributed by atoms with Gasteiger partial charge < -0.3 is 5.32 Å². The van der Waals surface area contributed by atoms with Crippen molar-refractivity contribution in [2.45, 2.75) is 51.0 Å². The molecule has 0 amide bonds. The van der Waals surface area contributed by atoms with E-state index >= 15 is 0 Å². The summed E-state index contributed by atoms with van der Waals surface area (Å²) in [6.45, 7) is 3.68. The van der Waals surface area contributed by atoms with E-state index < -0.39 is 0 Å². The van der Waals surface area contributed by atoms with Gasteiger partial charge in [-0.15, -0.1) is 0 Å². The van der Waals surface area contributed by atoms with E-state index in [1.165, 1.54) is 45.1 Å². The molecule has 64 valence electrons. The van der Waals surface area contributed by atoms with Crippen molar-refractivity contribution in [3.8, 4) is 0 Å². The first-order valence-electron chi connectivity index (χ1n) is 5.06. The van der Waals surface area contributed by atoms with Crippen LogP contribution < -0.4 is 5.32 Å². The third kappa shape index (κ3) is 1.31. The second kappa shape index (κ2) is 2.78. The van der Waals surface area contributed by atoms with Gasteiger partial charge in [-0.05, 0) is 45.1 Å². The molecule has 0 bridgehead atoms. The van der Waals surface area contributed by atoms with Crippen molar-refractivity contribution in [3.05, 3.63) is 0 Å². The van der Waals surface area contributed by atoms with Crippen molar-refractivity contribution in [1.29, 1.82) is 0 Å². The lowest BCUT2D eigenvalue weighted by Gasteiger charge is -2.31. The van der Waals surface area contributed by atoms with E-state index in [0.717, 1.165) is 5.92 Å². The Kier molecular flexibility index (Phi) is 1.92. The second-order valence-corrected chi connectivity index (χ2v) is 4.43. The number of hydrogen-bond donors (Lipinski definition) is 1. The van der Waals surface area contributed by atoms with Crippen LogP contribution in [-0.4, -0.2) is 12.1 Å². The molecular formula is C10H19N. The Balaban J connectivity index is 2.00. The maximum absolute atomic E-state index is 3.67. The summed E-state index contributed by atoms with van der Waals surface area (Å²) < 4.78 is 0. The summed E-state index contributed by atoms with van der Waals surface area (Å²) in [5, 5.41) is 3.67. The molecule has 0 aromatic heterocycles. The first-order valence-corrected chi connectivity index (χ1v) is 5.06. The highest BCUT2D eigenvalue weighted by Gasteiger charge is 2.37. The van der Waals surface area contributed by atoms with E-state index in [1.807, 2.05) is 0 Å². The van der Waals surface area contributed by atoms with Gasteiger partial charge in [-0.2, -0.15) is 0 Å². The fourth-order valence-corrected chi connectivity index (χ4v) is 2.83. The van der Waals surface area contributed by atoms with Crippen LogP contribution in [0.25, 0.3) is 0 Å². The van der Waals surface area contributed by atoms with Gasteiger partial charge in [-0.25, -0.2) is 0 Å². The third-order valence-electron chi connectivity index (χ3n) is 3.66. The first kappa shape index (κ1) is 7.60. The highest BCUT2D eigenvalue weighted by molar-refractivity contribution is 4.96. The minimum atomic E-state index is 0.524. The first-order chi connectivity index (χ1) is 5.31. The maximum atomic E-state index is 3.67. The summed E-state index contributed by atoms with van der Waals surface area (Å²) in [4.78, 5) is 0. The molecule has 0 aromatic carbocycles. The monoisotopic (exact) mass is 153 g/mol. The minimum absolute atomic E-state index is 0.524. The average Bonchev–Trinajstić information content (AvgIpc) is 2.55. The van der Waals surface area contributed by atoms with Gasteiger partial charge in [-0.1, -0.05) is 12.8 Å². The number of rotatable bonds is 1. The van der Waals surface area contributed by atoms with Crippen LogP contribution in [0.1, 0.15) is 45.4 Å². The average molecular weight is 153 g/mol. The normalized spacial score (nSPS) is 40.1. The molecular weight excluding hydrogens is 134 g/mol. The van der Waals surface area contributed by atoms with Gasteiger partial charge in [0.15, 0.2) is 0 Å². The molecule has 0 spiro atoms. The Bertz CT molecular complexity index is 130. The summed E-state index contributed by atoms with van der Waals surface area (Å²) >= 11 is 0. The van der Waals surface area contributed by atoms with E-state index in [9.17, 15) is 0 Å². The van der Waals surface area contributed by atoms with Crippen LogP contribution >= 0.6 is 0 Å². The Hall–Kier alpha value is -0.0400. The van der Waals surface area contributed by atoms with Crippen LogP contribution in [0.2, 0.25) is 0 Å². The summed E-state index contributed by atoms with van der Waals surface area (Å²) in [5.41, 5.74) is 0.524. The molecule has 1 aliphatic carbocycles. The topological polar surface area (TPSA) is 12.0 Å². The van der Waals surface area contributed by atoms with Gasteiger partial charge in [-0.3, -0.25) is 0 Å². The van der Waals surface area contributed by atoms with Gasteiger partial charge in [0.25, 0.3) is 0 Å². The van der Waals surface area contributed by atoms with E-state index in [2.05, 4.69) is 12.2 Å². The fraction of sp³-hybridized carbons (Fsp3) is 1.00. The van der Waals surface area contributed by atoms with E-state index in [4.69, 9.17) is 0 Å². The smallest absolute Gasteiger partial charge is 0.0181 e. The number of hydrogen-bond acceptors (Lipinski definition) is 1. The van der Waals surface area contributed by atoms with Crippen LogP contribution in [0.4, 0.5) is 0 Å². The molecule has 2 rings (SSSR count). The van der Waals surface area contributed by atoms with Crippen LogP contribution in [0.3, 0.4) is 0 Å². The standard InChI is InChI=1S/C10H19N/c1-10(7-4-8-11-10)9-5-2-3-6-9/h9,11H,2-8H2,1H3. The molecule has 1 unspecified atom stereocenters. The Morgan fingerprint density at radius 2 is 1.91 bits per heavy atom. The summed E-state index contributed by atoms with van der Waals surface area (Å²) in [6.07, 6.45) is 8.71. The molecule has 1 atom stereocenters. The Labute approximate surface area is 69.6 Å². The van der Waals surface area contributed by atoms with E-state index in [1.54, 1.807) is 0 Å². The summed E-state index contributed by atoms with van der Waals surface area (Å²) in [6, 6.07) is 0. The third-order valence-corrected chi connectivity index (χ3v) is 3.66. The number of nitrogens with one attached hydrogen (secondary N) is 1. The van der Waals surface area contributed by atoms with Crippen molar-refractivity contribution < 1.29 is 0 Å². The molecule has 1 nitrogen and oxygen atoms in total. The van der Waals surface area contributed by atoms with E-state index in [-0.39, 0.29) is 0 Å². The quantitative estimate of drug-likeness (QED) is 0.609. The van der Waals surface area contributed by atoms with Crippen LogP contribution in [-0.2, 0) is 0 Å². The van der Waals surface area contributed by atoms with Gasteiger partial charge in [0.2, 0.25) is 0 Å². The molecule has 1 saturated carbocycles. The maximum Gasteiger partial charge on any atom is 0.0181 e. The lowest BCUT2D eigenvalue weighted by atomic mass is 9.83. The van der Waals surface area contributed by atoms with Crippen molar-refractivity contribution in [1.82, 2.24) is 5.32 Å². The lowest BCUT2D eigenvalue weighted by Crippen LogP contribution is -2.42. The second-order valence-electron chi connectivity index (χ2n) is 4.43. The molecule has 0 radical (unpaired) electrons. The zero-order valence-electron chi connectivity index (χ0n) is 7.53. The minimum Gasteiger partial charge on any atom is -0.311 e. The highest BCUT2D eigenvalue weighted by Crippen LogP contribution is 2.38.